The summed E-state index contributed by atoms with van der Waals surface area (Å²) < 4.78 is 19.8. The predicted octanol–water partition coefficient (Wildman–Crippen LogP) is 4.86. The second-order valence-electron chi connectivity index (χ2n) is 5.91. The lowest BCUT2D eigenvalue weighted by atomic mass is 10.00. The Kier molecular flexibility index (Phi) is 7.41. The summed E-state index contributed by atoms with van der Waals surface area (Å²) in [5, 5.41) is 0. The van der Waals surface area contributed by atoms with Gasteiger partial charge >= 0.3 is 0 Å². The van der Waals surface area contributed by atoms with Gasteiger partial charge in [0.05, 0.1) is 6.61 Å². The molecule has 0 radical (unpaired) electrons. The minimum absolute atomic E-state index is 0.0924. The van der Waals surface area contributed by atoms with Crippen LogP contribution in [0, 0.1) is 18.7 Å². The molecule has 0 unspecified atom stereocenters. The molecule has 1 aromatic rings. The van der Waals surface area contributed by atoms with Gasteiger partial charge in [0.2, 0.25) is 0 Å². The summed E-state index contributed by atoms with van der Waals surface area (Å²) in [6, 6.07) is 3.62. The fraction of sp³-hybridized carbons (Fsp3) is 0.611. The van der Waals surface area contributed by atoms with Crippen LogP contribution in [0.2, 0.25) is 0 Å². The Balaban J connectivity index is 2.58. The third-order valence-electron chi connectivity index (χ3n) is 3.48. The van der Waals surface area contributed by atoms with Crippen molar-refractivity contribution in [2.24, 2.45) is 5.92 Å². The van der Waals surface area contributed by atoms with E-state index in [1.807, 2.05) is 33.8 Å². The van der Waals surface area contributed by atoms with Gasteiger partial charge < -0.3 is 4.74 Å². The molecule has 0 spiro atoms. The van der Waals surface area contributed by atoms with E-state index >= 15 is 0 Å². The second kappa shape index (κ2) is 8.81. The van der Waals surface area contributed by atoms with E-state index in [0.29, 0.717) is 30.8 Å². The third-order valence-corrected chi connectivity index (χ3v) is 3.48. The zero-order valence-electron chi connectivity index (χ0n) is 13.7. The first kappa shape index (κ1) is 17.7. The molecular weight excluding hydrogens is 267 g/mol. The normalized spacial score (nSPS) is 11.0. The Hall–Kier alpha value is -1.38. The van der Waals surface area contributed by atoms with Gasteiger partial charge in [-0.2, -0.15) is 0 Å². The van der Waals surface area contributed by atoms with Crippen molar-refractivity contribution in [1.29, 1.82) is 0 Å². The zero-order valence-corrected chi connectivity index (χ0v) is 13.7. The number of unbranched alkanes of at least 4 members (excludes halogenated alkanes) is 1. The van der Waals surface area contributed by atoms with Crippen LogP contribution in [-0.2, 0) is 11.2 Å². The molecule has 0 bridgehead atoms. The van der Waals surface area contributed by atoms with Crippen molar-refractivity contribution < 1.29 is 13.9 Å². The number of hydrogen-bond acceptors (Lipinski definition) is 2. The van der Waals surface area contributed by atoms with Crippen LogP contribution in [0.4, 0.5) is 4.39 Å². The summed E-state index contributed by atoms with van der Waals surface area (Å²) in [6.07, 6.45) is 3.74. The van der Waals surface area contributed by atoms with Crippen LogP contribution in [0.3, 0.4) is 0 Å². The third kappa shape index (κ3) is 5.86. The highest BCUT2D eigenvalue weighted by atomic mass is 19.1. The first-order valence-corrected chi connectivity index (χ1v) is 7.90. The van der Waals surface area contributed by atoms with Crippen molar-refractivity contribution in [3.05, 3.63) is 29.1 Å². The highest BCUT2D eigenvalue weighted by molar-refractivity contribution is 5.80. The van der Waals surface area contributed by atoms with E-state index in [1.165, 1.54) is 0 Å². The molecule has 0 heterocycles. The first-order valence-electron chi connectivity index (χ1n) is 7.90. The molecular formula is C18H27FO2. The molecule has 2 nitrogen and oxygen atoms in total. The van der Waals surface area contributed by atoms with Gasteiger partial charge in [-0.05, 0) is 49.8 Å². The minimum atomic E-state index is -0.246. The monoisotopic (exact) mass is 294 g/mol. The second-order valence-corrected chi connectivity index (χ2v) is 5.91. The molecule has 0 N–H and O–H groups in total. The van der Waals surface area contributed by atoms with Gasteiger partial charge in [0.15, 0.2) is 11.6 Å². The van der Waals surface area contributed by atoms with E-state index < -0.39 is 0 Å². The number of carbonyl (C=O) groups excluding carboxylic acids is 1. The number of carbonyl (C=O) groups is 1. The zero-order chi connectivity index (χ0) is 15.8. The van der Waals surface area contributed by atoms with Crippen LogP contribution in [0.25, 0.3) is 0 Å². The molecule has 1 rings (SSSR count). The molecule has 1 aromatic carbocycles. The number of hydrogen-bond donors (Lipinski definition) is 0. The average Bonchev–Trinajstić information content (AvgIpc) is 2.44. The molecule has 0 saturated carbocycles. The van der Waals surface area contributed by atoms with E-state index in [0.717, 1.165) is 24.8 Å². The molecule has 0 saturated heterocycles. The molecule has 21 heavy (non-hydrogen) atoms. The predicted molar refractivity (Wildman–Crippen MR) is 84.3 cm³/mol. The number of ether oxygens (including phenoxy) is 1. The van der Waals surface area contributed by atoms with Gasteiger partial charge in [-0.1, -0.05) is 26.8 Å². The average molecular weight is 294 g/mol. The van der Waals surface area contributed by atoms with Crippen LogP contribution in [0.15, 0.2) is 12.1 Å². The maximum atomic E-state index is 14.3. The quantitative estimate of drug-likeness (QED) is 0.608. The lowest BCUT2D eigenvalue weighted by molar-refractivity contribution is -0.122. The topological polar surface area (TPSA) is 26.3 Å². The van der Waals surface area contributed by atoms with Crippen LogP contribution in [0.1, 0.15) is 57.6 Å². The Morgan fingerprint density at radius 2 is 2.00 bits per heavy atom. The highest BCUT2D eigenvalue weighted by Crippen LogP contribution is 2.24. The van der Waals surface area contributed by atoms with Gasteiger partial charge in [0.1, 0.15) is 5.78 Å². The fourth-order valence-corrected chi connectivity index (χ4v) is 2.21. The SMILES string of the molecule is CCCOc1cc(C)cc(CCCCC(=O)C(C)C)c1F. The molecule has 0 aliphatic heterocycles. The minimum Gasteiger partial charge on any atom is -0.491 e. The summed E-state index contributed by atoms with van der Waals surface area (Å²) in [4.78, 5) is 11.6. The summed E-state index contributed by atoms with van der Waals surface area (Å²) in [6.45, 7) is 8.31. The number of aryl methyl sites for hydroxylation is 2. The van der Waals surface area contributed by atoms with Gasteiger partial charge in [-0.25, -0.2) is 4.39 Å². The summed E-state index contributed by atoms with van der Waals surface area (Å²) >= 11 is 0. The standard InChI is InChI=1S/C18H27FO2/c1-5-10-21-17-12-14(4)11-15(18(17)19)8-6-7-9-16(20)13(2)3/h11-13H,5-10H2,1-4H3. The maximum Gasteiger partial charge on any atom is 0.168 e. The molecule has 0 fully saturated rings. The largest absolute Gasteiger partial charge is 0.491 e. The van der Waals surface area contributed by atoms with Crippen LogP contribution in [0.5, 0.6) is 5.75 Å². The van der Waals surface area contributed by atoms with Gasteiger partial charge in [-0.15, -0.1) is 0 Å². The van der Waals surface area contributed by atoms with E-state index in [2.05, 4.69) is 0 Å². The van der Waals surface area contributed by atoms with Gasteiger partial charge in [-0.3, -0.25) is 4.79 Å². The number of Topliss-reactive ketones (excluding diaryl/α,β-unsaturated/α-hetero) is 1. The molecule has 0 aliphatic rings. The number of rotatable bonds is 9. The Labute approximate surface area is 127 Å². The van der Waals surface area contributed by atoms with E-state index in [9.17, 15) is 9.18 Å². The van der Waals surface area contributed by atoms with E-state index in [1.54, 1.807) is 6.07 Å². The Morgan fingerprint density at radius 1 is 1.29 bits per heavy atom. The maximum absolute atomic E-state index is 14.3. The Morgan fingerprint density at radius 3 is 2.62 bits per heavy atom. The number of benzene rings is 1. The van der Waals surface area contributed by atoms with Crippen LogP contribution in [-0.4, -0.2) is 12.4 Å². The molecule has 0 atom stereocenters. The number of ketones is 1. The molecule has 0 aromatic heterocycles. The van der Waals surface area contributed by atoms with E-state index in [-0.39, 0.29) is 17.5 Å². The van der Waals surface area contributed by atoms with Crippen LogP contribution >= 0.6 is 0 Å². The van der Waals surface area contributed by atoms with Crippen molar-refractivity contribution in [3.63, 3.8) is 0 Å². The number of halogens is 1. The van der Waals surface area contributed by atoms with Crippen molar-refractivity contribution in [2.45, 2.75) is 59.8 Å². The summed E-state index contributed by atoms with van der Waals surface area (Å²) in [5.41, 5.74) is 1.70. The fourth-order valence-electron chi connectivity index (χ4n) is 2.21. The highest BCUT2D eigenvalue weighted by Gasteiger charge is 2.11. The lowest BCUT2D eigenvalue weighted by Crippen LogP contribution is -2.06. The summed E-state index contributed by atoms with van der Waals surface area (Å²) in [7, 11) is 0. The van der Waals surface area contributed by atoms with Crippen molar-refractivity contribution >= 4 is 5.78 Å². The first-order chi connectivity index (χ1) is 9.95. The lowest BCUT2D eigenvalue weighted by Gasteiger charge is -2.11. The summed E-state index contributed by atoms with van der Waals surface area (Å²) in [5.74, 6) is 0.482. The van der Waals surface area contributed by atoms with Crippen molar-refractivity contribution in [3.8, 4) is 5.75 Å². The molecule has 118 valence electrons. The Bertz CT molecular complexity index is 467. The van der Waals surface area contributed by atoms with Gasteiger partial charge in [0, 0.05) is 12.3 Å². The van der Waals surface area contributed by atoms with E-state index in [4.69, 9.17) is 4.74 Å². The van der Waals surface area contributed by atoms with Gasteiger partial charge in [0.25, 0.3) is 0 Å². The van der Waals surface area contributed by atoms with Crippen LogP contribution < -0.4 is 4.74 Å². The smallest absolute Gasteiger partial charge is 0.168 e. The molecule has 0 aliphatic carbocycles. The molecule has 3 heteroatoms. The molecule has 0 amide bonds. The van der Waals surface area contributed by atoms with Crippen molar-refractivity contribution in [2.75, 3.05) is 6.61 Å². The van der Waals surface area contributed by atoms with Crippen molar-refractivity contribution in [1.82, 2.24) is 0 Å².